The second-order valence-electron chi connectivity index (χ2n) is 9.19. The zero-order valence-electron chi connectivity index (χ0n) is 19.1. The lowest BCUT2D eigenvalue weighted by atomic mass is 9.82. The number of nitrogens with one attached hydrogen (secondary N) is 1. The van der Waals surface area contributed by atoms with Crippen LogP contribution < -0.4 is 5.73 Å². The molecule has 36 heavy (non-hydrogen) atoms. The molecule has 1 saturated carbocycles. The average Bonchev–Trinajstić information content (AvgIpc) is 3.48. The Morgan fingerprint density at radius 2 is 1.89 bits per heavy atom. The summed E-state index contributed by atoms with van der Waals surface area (Å²) in [6, 6.07) is 13.4. The van der Waals surface area contributed by atoms with Gasteiger partial charge in [0.2, 0.25) is 0 Å². The number of H-pyrrole nitrogens is 1. The summed E-state index contributed by atoms with van der Waals surface area (Å²) in [5.41, 5.74) is 11.0. The van der Waals surface area contributed by atoms with Crippen LogP contribution in [-0.2, 0) is 4.79 Å². The molecule has 5 aromatic rings. The lowest BCUT2D eigenvalue weighted by molar-refractivity contribution is -0.142. The van der Waals surface area contributed by atoms with Crippen LogP contribution in [0.4, 0.5) is 5.82 Å². The molecule has 10 heteroatoms. The van der Waals surface area contributed by atoms with Crippen molar-refractivity contribution in [3.8, 4) is 22.5 Å². The minimum absolute atomic E-state index is 0.0846. The molecule has 0 amide bonds. The second-order valence-corrected chi connectivity index (χ2v) is 10.0. The third kappa shape index (κ3) is 3.77. The van der Waals surface area contributed by atoms with Crippen molar-refractivity contribution in [3.05, 3.63) is 64.7 Å². The number of hydrogen-bond donors (Lipinski definition) is 3. The number of carbonyl (C=O) groups is 1. The van der Waals surface area contributed by atoms with E-state index in [-0.39, 0.29) is 11.8 Å². The fourth-order valence-electron chi connectivity index (χ4n) is 5.24. The Hall–Kier alpha value is -3.62. The summed E-state index contributed by atoms with van der Waals surface area (Å²) in [6.45, 7) is 0. The second kappa shape index (κ2) is 8.80. The van der Waals surface area contributed by atoms with Crippen molar-refractivity contribution < 1.29 is 9.90 Å². The van der Waals surface area contributed by atoms with Gasteiger partial charge in [-0.1, -0.05) is 41.4 Å². The number of nitrogens with zero attached hydrogens (tertiary/aromatic N) is 4. The van der Waals surface area contributed by atoms with Gasteiger partial charge in [0.25, 0.3) is 0 Å². The van der Waals surface area contributed by atoms with Gasteiger partial charge in [-0.25, -0.2) is 14.5 Å². The van der Waals surface area contributed by atoms with E-state index >= 15 is 0 Å². The first-order chi connectivity index (χ1) is 17.4. The molecule has 182 valence electrons. The van der Waals surface area contributed by atoms with Crippen LogP contribution in [0.3, 0.4) is 0 Å². The molecule has 0 bridgehead atoms. The quantitative estimate of drug-likeness (QED) is 0.259. The monoisotopic (exact) mass is 520 g/mol. The molecular formula is C26H22Cl2N6O2. The van der Waals surface area contributed by atoms with Crippen molar-refractivity contribution in [2.75, 3.05) is 5.73 Å². The average molecular weight is 521 g/mol. The minimum Gasteiger partial charge on any atom is -0.481 e. The highest BCUT2D eigenvalue weighted by Gasteiger charge is 2.31. The van der Waals surface area contributed by atoms with Crippen LogP contribution in [0.25, 0.3) is 38.9 Å². The number of hydrogen-bond acceptors (Lipinski definition) is 5. The highest BCUT2D eigenvalue weighted by atomic mass is 35.5. The van der Waals surface area contributed by atoms with E-state index in [0.29, 0.717) is 39.9 Å². The Balaban J connectivity index is 1.49. The Labute approximate surface area is 216 Å². The molecule has 3 heterocycles. The van der Waals surface area contributed by atoms with Crippen LogP contribution in [0.2, 0.25) is 10.0 Å². The van der Waals surface area contributed by atoms with Crippen molar-refractivity contribution >= 4 is 51.4 Å². The number of aromatic amines is 1. The predicted molar refractivity (Wildman–Crippen MR) is 140 cm³/mol. The maximum Gasteiger partial charge on any atom is 0.306 e. The van der Waals surface area contributed by atoms with E-state index in [1.807, 2.05) is 30.3 Å². The summed E-state index contributed by atoms with van der Waals surface area (Å²) in [5, 5.41) is 16.0. The van der Waals surface area contributed by atoms with Gasteiger partial charge >= 0.3 is 5.97 Å². The fourth-order valence-corrected chi connectivity index (χ4v) is 5.63. The highest BCUT2D eigenvalue weighted by molar-refractivity contribution is 6.35. The number of aromatic nitrogens is 5. The number of benzene rings is 2. The fraction of sp³-hybridized carbons (Fsp3) is 0.231. The van der Waals surface area contributed by atoms with E-state index in [9.17, 15) is 9.90 Å². The molecule has 0 spiro atoms. The molecule has 0 aliphatic heterocycles. The van der Waals surface area contributed by atoms with Gasteiger partial charge in [0.05, 0.1) is 17.1 Å². The molecule has 4 N–H and O–H groups in total. The van der Waals surface area contributed by atoms with Crippen LogP contribution in [0.5, 0.6) is 0 Å². The zero-order valence-corrected chi connectivity index (χ0v) is 20.6. The smallest absolute Gasteiger partial charge is 0.306 e. The molecule has 8 nitrogen and oxygen atoms in total. The molecule has 1 aliphatic rings. The number of carboxylic acids is 1. The van der Waals surface area contributed by atoms with E-state index in [4.69, 9.17) is 33.9 Å². The molecule has 2 aromatic carbocycles. The van der Waals surface area contributed by atoms with Gasteiger partial charge in [0, 0.05) is 32.5 Å². The summed E-state index contributed by atoms with van der Waals surface area (Å²) < 4.78 is 1.75. The van der Waals surface area contributed by atoms with E-state index < -0.39 is 5.97 Å². The van der Waals surface area contributed by atoms with Gasteiger partial charge in [-0.05, 0) is 49.9 Å². The Morgan fingerprint density at radius 3 is 2.67 bits per heavy atom. The number of carboxylic acid groups (broad SMARTS) is 1. The number of nitrogens with two attached hydrogens (primary N) is 1. The van der Waals surface area contributed by atoms with Crippen LogP contribution >= 0.6 is 23.2 Å². The number of anilines is 1. The number of aliphatic carboxylic acids is 1. The normalized spacial score (nSPS) is 18.2. The number of fused-ring (bicyclic) bond motifs is 2. The van der Waals surface area contributed by atoms with E-state index in [0.717, 1.165) is 46.4 Å². The molecule has 1 aliphatic carbocycles. The van der Waals surface area contributed by atoms with Crippen molar-refractivity contribution in [1.29, 1.82) is 0 Å². The lowest BCUT2D eigenvalue weighted by Gasteiger charge is -2.24. The Kier molecular flexibility index (Phi) is 5.58. The van der Waals surface area contributed by atoms with Gasteiger partial charge in [0.1, 0.15) is 23.4 Å². The van der Waals surface area contributed by atoms with Gasteiger partial charge in [-0.3, -0.25) is 4.79 Å². The predicted octanol–water partition coefficient (Wildman–Crippen LogP) is 6.19. The van der Waals surface area contributed by atoms with Gasteiger partial charge < -0.3 is 15.8 Å². The lowest BCUT2D eigenvalue weighted by Crippen LogP contribution is -2.21. The third-order valence-electron chi connectivity index (χ3n) is 7.06. The number of imidazole rings is 1. The van der Waals surface area contributed by atoms with E-state index in [1.165, 1.54) is 6.33 Å². The van der Waals surface area contributed by atoms with Crippen LogP contribution in [0.1, 0.15) is 37.4 Å². The van der Waals surface area contributed by atoms with Crippen molar-refractivity contribution in [1.82, 2.24) is 24.6 Å². The first-order valence-electron chi connectivity index (χ1n) is 11.7. The first-order valence-corrected chi connectivity index (χ1v) is 12.5. The van der Waals surface area contributed by atoms with Crippen molar-refractivity contribution in [3.63, 3.8) is 0 Å². The Bertz CT molecular complexity index is 1630. The number of rotatable bonds is 4. The highest BCUT2D eigenvalue weighted by Crippen LogP contribution is 2.40. The SMILES string of the molecule is Nc1ncnn2c1c(-c1cc3cccc(-c4cc(Cl)ccc4Cl)c3[nH]1)nc2[C@H]1CC[C@H](C(=O)O)CC1. The van der Waals surface area contributed by atoms with Crippen LogP contribution in [0, 0.1) is 5.92 Å². The Morgan fingerprint density at radius 1 is 1.08 bits per heavy atom. The van der Waals surface area contributed by atoms with Gasteiger partial charge in [-0.2, -0.15) is 5.10 Å². The van der Waals surface area contributed by atoms with Gasteiger partial charge in [0.15, 0.2) is 5.82 Å². The standard InChI is InChI=1S/C26H22Cl2N6O2/c27-16-8-9-19(28)18(11-16)17-3-1-2-15-10-20(32-21(15)17)22-23-24(29)30-12-31-34(23)25(33-22)13-4-6-14(7-5-13)26(35)36/h1-3,8-14,32H,4-7H2,(H,35,36)(H2,29,30,31)/t13-,14-. The molecular weight excluding hydrogens is 499 g/mol. The van der Waals surface area contributed by atoms with Crippen LogP contribution in [0.15, 0.2) is 48.8 Å². The topological polar surface area (TPSA) is 122 Å². The first kappa shape index (κ1) is 22.8. The molecule has 1 fully saturated rings. The van der Waals surface area contributed by atoms with Gasteiger partial charge in [-0.15, -0.1) is 0 Å². The summed E-state index contributed by atoms with van der Waals surface area (Å²) in [4.78, 5) is 24.1. The molecule has 0 unspecified atom stereocenters. The number of nitrogen functional groups attached to an aromatic ring is 1. The summed E-state index contributed by atoms with van der Waals surface area (Å²) in [6.07, 6.45) is 4.10. The molecule has 3 aromatic heterocycles. The number of halogens is 2. The number of para-hydroxylation sites is 1. The molecule has 0 atom stereocenters. The summed E-state index contributed by atoms with van der Waals surface area (Å²) in [7, 11) is 0. The molecule has 0 radical (unpaired) electrons. The largest absolute Gasteiger partial charge is 0.481 e. The van der Waals surface area contributed by atoms with Crippen molar-refractivity contribution in [2.45, 2.75) is 31.6 Å². The molecule has 6 rings (SSSR count). The maximum atomic E-state index is 11.4. The minimum atomic E-state index is -0.734. The summed E-state index contributed by atoms with van der Waals surface area (Å²) >= 11 is 12.8. The zero-order chi connectivity index (χ0) is 25.0. The van der Waals surface area contributed by atoms with Crippen molar-refractivity contribution in [2.24, 2.45) is 5.92 Å². The maximum absolute atomic E-state index is 11.4. The van der Waals surface area contributed by atoms with E-state index in [2.05, 4.69) is 15.1 Å². The molecule has 0 saturated heterocycles. The summed E-state index contributed by atoms with van der Waals surface area (Å²) in [5.74, 6) is 0.144. The van der Waals surface area contributed by atoms with E-state index in [1.54, 1.807) is 16.6 Å². The third-order valence-corrected chi connectivity index (χ3v) is 7.62. The van der Waals surface area contributed by atoms with Crippen LogP contribution in [-0.4, -0.2) is 35.6 Å².